The Morgan fingerprint density at radius 2 is 1.64 bits per heavy atom. The fourth-order valence-corrected chi connectivity index (χ4v) is 3.67. The first-order chi connectivity index (χ1) is 11.8. The van der Waals surface area contributed by atoms with Crippen LogP contribution in [0.4, 0.5) is 5.69 Å². The molecule has 25 heavy (non-hydrogen) atoms. The lowest BCUT2D eigenvalue weighted by molar-refractivity contribution is -0.117. The van der Waals surface area contributed by atoms with Gasteiger partial charge in [0.1, 0.15) is 0 Å². The maximum absolute atomic E-state index is 12.6. The Balaban J connectivity index is 2.03. The van der Waals surface area contributed by atoms with Crippen molar-refractivity contribution in [2.24, 2.45) is 5.92 Å². The van der Waals surface area contributed by atoms with Gasteiger partial charge in [-0.15, -0.1) is 0 Å². The highest BCUT2D eigenvalue weighted by Crippen LogP contribution is 2.32. The maximum atomic E-state index is 12.6. The van der Waals surface area contributed by atoms with Crippen molar-refractivity contribution in [2.75, 3.05) is 25.0 Å². The molecule has 1 atom stereocenters. The number of benzene rings is 1. The molecule has 1 heterocycles. The lowest BCUT2D eigenvalue weighted by Gasteiger charge is -2.33. The average molecular weight is 347 g/mol. The zero-order valence-electron chi connectivity index (χ0n) is 16.4. The Hall–Kier alpha value is -1.39. The SMILES string of the molecule is CC(C)c1cccc(C(C)C)c1NC(=O)CN1CCC(C(C)O)CC1. The van der Waals surface area contributed by atoms with E-state index in [9.17, 15) is 9.90 Å². The van der Waals surface area contributed by atoms with E-state index >= 15 is 0 Å². The van der Waals surface area contributed by atoms with Crippen LogP contribution in [-0.2, 0) is 4.79 Å². The van der Waals surface area contributed by atoms with E-state index < -0.39 is 0 Å². The largest absolute Gasteiger partial charge is 0.393 e. The Bertz CT molecular complexity index is 547. The summed E-state index contributed by atoms with van der Waals surface area (Å²) >= 11 is 0. The number of aliphatic hydroxyl groups excluding tert-OH is 1. The highest BCUT2D eigenvalue weighted by molar-refractivity contribution is 5.94. The van der Waals surface area contributed by atoms with Crippen molar-refractivity contribution in [1.82, 2.24) is 4.90 Å². The van der Waals surface area contributed by atoms with Crippen molar-refractivity contribution in [3.05, 3.63) is 29.3 Å². The Kier molecular flexibility index (Phi) is 7.03. The van der Waals surface area contributed by atoms with Gasteiger partial charge in [-0.2, -0.15) is 0 Å². The van der Waals surface area contributed by atoms with Gasteiger partial charge >= 0.3 is 0 Å². The molecule has 2 rings (SSSR count). The third-order valence-corrected chi connectivity index (χ3v) is 5.32. The summed E-state index contributed by atoms with van der Waals surface area (Å²) in [7, 11) is 0. The van der Waals surface area contributed by atoms with Crippen molar-refractivity contribution in [3.63, 3.8) is 0 Å². The van der Waals surface area contributed by atoms with Gasteiger partial charge in [0.25, 0.3) is 0 Å². The molecule has 1 aromatic rings. The summed E-state index contributed by atoms with van der Waals surface area (Å²) in [6.07, 6.45) is 1.68. The van der Waals surface area contributed by atoms with Crippen molar-refractivity contribution < 1.29 is 9.90 Å². The molecular weight excluding hydrogens is 312 g/mol. The van der Waals surface area contributed by atoms with Crippen LogP contribution in [0.15, 0.2) is 18.2 Å². The predicted octanol–water partition coefficient (Wildman–Crippen LogP) is 3.96. The van der Waals surface area contributed by atoms with Gasteiger partial charge in [0.2, 0.25) is 5.91 Å². The summed E-state index contributed by atoms with van der Waals surface area (Å²) in [5.41, 5.74) is 3.40. The van der Waals surface area contributed by atoms with Crippen LogP contribution in [0.25, 0.3) is 0 Å². The number of aliphatic hydroxyl groups is 1. The molecule has 1 saturated heterocycles. The Labute approximate surface area is 152 Å². The molecule has 1 aliphatic rings. The van der Waals surface area contributed by atoms with Crippen LogP contribution in [0.5, 0.6) is 0 Å². The van der Waals surface area contributed by atoms with E-state index in [0.717, 1.165) is 31.6 Å². The molecule has 0 saturated carbocycles. The van der Waals surface area contributed by atoms with E-state index in [1.165, 1.54) is 11.1 Å². The van der Waals surface area contributed by atoms with Crippen LogP contribution in [0, 0.1) is 5.92 Å². The number of nitrogens with zero attached hydrogens (tertiary/aromatic N) is 1. The number of hydrogen-bond acceptors (Lipinski definition) is 3. The van der Waals surface area contributed by atoms with Crippen LogP contribution in [0.2, 0.25) is 0 Å². The van der Waals surface area contributed by atoms with Crippen molar-refractivity contribution in [1.29, 1.82) is 0 Å². The smallest absolute Gasteiger partial charge is 0.238 e. The monoisotopic (exact) mass is 346 g/mol. The summed E-state index contributed by atoms with van der Waals surface area (Å²) in [5, 5.41) is 12.9. The number of piperidine rings is 1. The van der Waals surface area contributed by atoms with E-state index in [4.69, 9.17) is 0 Å². The van der Waals surface area contributed by atoms with Gasteiger partial charge < -0.3 is 10.4 Å². The number of carbonyl (C=O) groups excluding carboxylic acids is 1. The normalized spacial score (nSPS) is 17.9. The van der Waals surface area contributed by atoms with Crippen molar-refractivity contribution in [2.45, 2.75) is 65.4 Å². The number of nitrogens with one attached hydrogen (secondary N) is 1. The third kappa shape index (κ3) is 5.29. The zero-order valence-corrected chi connectivity index (χ0v) is 16.4. The van der Waals surface area contributed by atoms with Crippen LogP contribution < -0.4 is 5.32 Å². The number of carbonyl (C=O) groups is 1. The summed E-state index contributed by atoms with van der Waals surface area (Å²) < 4.78 is 0. The van der Waals surface area contributed by atoms with Crippen LogP contribution in [0.1, 0.15) is 70.4 Å². The minimum atomic E-state index is -0.248. The van der Waals surface area contributed by atoms with Crippen LogP contribution in [0.3, 0.4) is 0 Å². The first-order valence-electron chi connectivity index (χ1n) is 9.62. The summed E-state index contributed by atoms with van der Waals surface area (Å²) in [5.74, 6) is 1.17. The summed E-state index contributed by atoms with van der Waals surface area (Å²) in [6.45, 7) is 12.7. The number of para-hydroxylation sites is 1. The van der Waals surface area contributed by atoms with Gasteiger partial charge in [0.05, 0.1) is 12.6 Å². The molecule has 0 spiro atoms. The fraction of sp³-hybridized carbons (Fsp3) is 0.667. The molecule has 0 radical (unpaired) electrons. The first kappa shape index (κ1) is 19.9. The standard InChI is InChI=1S/C21H34N2O2/c1-14(2)18-7-6-8-19(15(3)4)21(18)22-20(25)13-23-11-9-17(10-12-23)16(5)24/h6-8,14-17,24H,9-13H2,1-5H3,(H,22,25). The quantitative estimate of drug-likeness (QED) is 0.819. The molecule has 4 heteroatoms. The molecule has 0 aromatic heterocycles. The van der Waals surface area contributed by atoms with E-state index in [1.807, 2.05) is 6.92 Å². The second-order valence-electron chi connectivity index (χ2n) is 8.02. The molecule has 2 N–H and O–H groups in total. The topological polar surface area (TPSA) is 52.6 Å². The Morgan fingerprint density at radius 1 is 1.12 bits per heavy atom. The van der Waals surface area contributed by atoms with E-state index in [1.54, 1.807) is 0 Å². The molecule has 1 amide bonds. The summed E-state index contributed by atoms with van der Waals surface area (Å²) in [6, 6.07) is 6.31. The summed E-state index contributed by atoms with van der Waals surface area (Å²) in [4.78, 5) is 14.8. The molecule has 4 nitrogen and oxygen atoms in total. The highest BCUT2D eigenvalue weighted by atomic mass is 16.3. The first-order valence-corrected chi connectivity index (χ1v) is 9.62. The highest BCUT2D eigenvalue weighted by Gasteiger charge is 2.24. The van der Waals surface area contributed by atoms with Gasteiger partial charge in [0, 0.05) is 5.69 Å². The zero-order chi connectivity index (χ0) is 18.6. The third-order valence-electron chi connectivity index (χ3n) is 5.32. The van der Waals surface area contributed by atoms with E-state index in [2.05, 4.69) is 56.1 Å². The van der Waals surface area contributed by atoms with Gasteiger partial charge in [-0.3, -0.25) is 9.69 Å². The Morgan fingerprint density at radius 3 is 2.08 bits per heavy atom. The maximum Gasteiger partial charge on any atom is 0.238 e. The van der Waals surface area contributed by atoms with Crippen molar-refractivity contribution in [3.8, 4) is 0 Å². The van der Waals surface area contributed by atoms with E-state index in [0.29, 0.717) is 24.3 Å². The number of anilines is 1. The van der Waals surface area contributed by atoms with Crippen LogP contribution in [-0.4, -0.2) is 41.7 Å². The number of likely N-dealkylation sites (tertiary alicyclic amines) is 1. The predicted molar refractivity (Wildman–Crippen MR) is 104 cm³/mol. The molecule has 1 unspecified atom stereocenters. The number of amides is 1. The van der Waals surface area contributed by atoms with Gasteiger partial charge in [-0.05, 0) is 61.7 Å². The molecule has 1 aliphatic heterocycles. The fourth-order valence-electron chi connectivity index (χ4n) is 3.67. The molecule has 1 fully saturated rings. The molecule has 140 valence electrons. The minimum Gasteiger partial charge on any atom is -0.393 e. The average Bonchev–Trinajstić information content (AvgIpc) is 2.54. The second-order valence-corrected chi connectivity index (χ2v) is 8.02. The van der Waals surface area contributed by atoms with Crippen LogP contribution >= 0.6 is 0 Å². The van der Waals surface area contributed by atoms with Gasteiger partial charge in [-0.1, -0.05) is 45.9 Å². The molecule has 0 bridgehead atoms. The van der Waals surface area contributed by atoms with Gasteiger partial charge in [-0.25, -0.2) is 0 Å². The van der Waals surface area contributed by atoms with E-state index in [-0.39, 0.29) is 12.0 Å². The van der Waals surface area contributed by atoms with Crippen molar-refractivity contribution >= 4 is 11.6 Å². The van der Waals surface area contributed by atoms with Gasteiger partial charge in [0.15, 0.2) is 0 Å². The molecule has 1 aromatic carbocycles. The number of rotatable bonds is 6. The lowest BCUT2D eigenvalue weighted by atomic mass is 9.92. The number of hydrogen-bond donors (Lipinski definition) is 2. The molecular formula is C21H34N2O2. The molecule has 0 aliphatic carbocycles. The lowest BCUT2D eigenvalue weighted by Crippen LogP contribution is -2.41. The minimum absolute atomic E-state index is 0.0606. The second kappa shape index (κ2) is 8.81.